The van der Waals surface area contributed by atoms with E-state index in [1.807, 2.05) is 12.1 Å². The molecule has 23 heavy (non-hydrogen) atoms. The molecule has 3 aromatic heterocycles. The lowest BCUT2D eigenvalue weighted by Crippen LogP contribution is -2.46. The minimum Gasteiger partial charge on any atom is -0.468 e. The van der Waals surface area contributed by atoms with Crippen molar-refractivity contribution in [2.45, 2.75) is 19.9 Å². The molecule has 0 atom stereocenters. The van der Waals surface area contributed by atoms with E-state index in [0.717, 1.165) is 56.4 Å². The maximum absolute atomic E-state index is 5.45. The largest absolute Gasteiger partial charge is 0.468 e. The number of rotatable bonds is 4. The summed E-state index contributed by atoms with van der Waals surface area (Å²) < 4.78 is 5.45. The van der Waals surface area contributed by atoms with Crippen molar-refractivity contribution in [1.29, 1.82) is 0 Å². The van der Waals surface area contributed by atoms with Gasteiger partial charge in [0.15, 0.2) is 0 Å². The van der Waals surface area contributed by atoms with E-state index in [9.17, 15) is 0 Å². The smallest absolute Gasteiger partial charge is 0.143 e. The van der Waals surface area contributed by atoms with Gasteiger partial charge in [-0.3, -0.25) is 4.90 Å². The summed E-state index contributed by atoms with van der Waals surface area (Å²) in [6, 6.07) is 3.98. The molecule has 1 saturated heterocycles. The van der Waals surface area contributed by atoms with Gasteiger partial charge >= 0.3 is 0 Å². The average Bonchev–Trinajstić information content (AvgIpc) is 3.24. The van der Waals surface area contributed by atoms with Crippen molar-refractivity contribution in [2.75, 3.05) is 31.1 Å². The van der Waals surface area contributed by atoms with Crippen LogP contribution in [0.2, 0.25) is 0 Å². The molecule has 0 aliphatic carbocycles. The molecule has 1 fully saturated rings. The first-order valence-electron chi connectivity index (χ1n) is 8.16. The number of nitrogens with zero attached hydrogens (tertiary/aromatic N) is 4. The Morgan fingerprint density at radius 3 is 2.83 bits per heavy atom. The number of hydrogen-bond donors (Lipinski definition) is 1. The van der Waals surface area contributed by atoms with Gasteiger partial charge in [-0.1, -0.05) is 6.92 Å². The van der Waals surface area contributed by atoms with Crippen LogP contribution in [-0.2, 0) is 13.0 Å². The molecule has 0 radical (unpaired) electrons. The van der Waals surface area contributed by atoms with Gasteiger partial charge in [-0.15, -0.1) is 0 Å². The van der Waals surface area contributed by atoms with Crippen molar-refractivity contribution in [1.82, 2.24) is 19.9 Å². The van der Waals surface area contributed by atoms with E-state index in [1.54, 1.807) is 12.6 Å². The van der Waals surface area contributed by atoms with E-state index in [2.05, 4.69) is 37.9 Å². The number of anilines is 1. The molecule has 1 aliphatic heterocycles. The molecule has 3 aromatic rings. The number of H-pyrrole nitrogens is 1. The van der Waals surface area contributed by atoms with Crippen LogP contribution in [0.3, 0.4) is 0 Å². The summed E-state index contributed by atoms with van der Waals surface area (Å²) in [6.45, 7) is 7.02. The van der Waals surface area contributed by atoms with Crippen LogP contribution < -0.4 is 4.90 Å². The maximum atomic E-state index is 5.45. The van der Waals surface area contributed by atoms with Gasteiger partial charge in [0.25, 0.3) is 0 Å². The first kappa shape index (κ1) is 14.3. The van der Waals surface area contributed by atoms with Crippen LogP contribution in [0.4, 0.5) is 5.82 Å². The molecule has 6 nitrogen and oxygen atoms in total. The highest BCUT2D eigenvalue weighted by molar-refractivity contribution is 5.90. The van der Waals surface area contributed by atoms with E-state index in [0.29, 0.717) is 0 Å². The van der Waals surface area contributed by atoms with Crippen LogP contribution in [0.25, 0.3) is 11.0 Å². The van der Waals surface area contributed by atoms with E-state index < -0.39 is 0 Å². The first-order valence-corrected chi connectivity index (χ1v) is 8.16. The molecule has 0 bridgehead atoms. The van der Waals surface area contributed by atoms with Crippen molar-refractivity contribution in [3.05, 3.63) is 42.2 Å². The lowest BCUT2D eigenvalue weighted by atomic mass is 10.1. The molecule has 4 heterocycles. The van der Waals surface area contributed by atoms with Gasteiger partial charge in [-0.2, -0.15) is 0 Å². The fourth-order valence-electron chi connectivity index (χ4n) is 3.27. The normalized spacial score (nSPS) is 16.3. The Balaban J connectivity index is 1.51. The van der Waals surface area contributed by atoms with E-state index in [1.165, 1.54) is 10.9 Å². The molecule has 1 N–H and O–H groups in total. The van der Waals surface area contributed by atoms with E-state index in [-0.39, 0.29) is 0 Å². The highest BCUT2D eigenvalue weighted by Crippen LogP contribution is 2.27. The van der Waals surface area contributed by atoms with Crippen molar-refractivity contribution in [3.63, 3.8) is 0 Å². The van der Waals surface area contributed by atoms with Crippen LogP contribution in [0, 0.1) is 0 Å². The molecule has 0 spiro atoms. The summed E-state index contributed by atoms with van der Waals surface area (Å²) >= 11 is 0. The Morgan fingerprint density at radius 2 is 2.09 bits per heavy atom. The third-order valence-electron chi connectivity index (χ3n) is 4.54. The monoisotopic (exact) mass is 311 g/mol. The second-order valence-corrected chi connectivity index (χ2v) is 5.93. The minimum absolute atomic E-state index is 0.879. The van der Waals surface area contributed by atoms with Gasteiger partial charge in [-0.05, 0) is 24.1 Å². The standard InChI is InChI=1S/C17H21N5O/c1-2-13-10-18-16-15(13)17(20-12-19-16)22-7-5-21(6-8-22)11-14-4-3-9-23-14/h3-4,9-10,12H,2,5-8,11H2,1H3,(H,18,19,20). The Morgan fingerprint density at radius 1 is 1.22 bits per heavy atom. The highest BCUT2D eigenvalue weighted by atomic mass is 16.3. The van der Waals surface area contributed by atoms with Gasteiger partial charge in [-0.25, -0.2) is 9.97 Å². The molecule has 1 aliphatic rings. The Kier molecular flexibility index (Phi) is 3.75. The summed E-state index contributed by atoms with van der Waals surface area (Å²) in [4.78, 5) is 17.0. The van der Waals surface area contributed by atoms with Crippen LogP contribution in [0.1, 0.15) is 18.2 Å². The van der Waals surface area contributed by atoms with Gasteiger partial charge in [0.2, 0.25) is 0 Å². The Bertz CT molecular complexity index is 771. The number of aromatic nitrogens is 3. The average molecular weight is 311 g/mol. The quantitative estimate of drug-likeness (QED) is 0.802. The third kappa shape index (κ3) is 2.70. The van der Waals surface area contributed by atoms with E-state index in [4.69, 9.17) is 4.42 Å². The van der Waals surface area contributed by atoms with Crippen molar-refractivity contribution in [2.24, 2.45) is 0 Å². The summed E-state index contributed by atoms with van der Waals surface area (Å²) in [5, 5.41) is 1.18. The summed E-state index contributed by atoms with van der Waals surface area (Å²) in [5.74, 6) is 2.09. The molecule has 0 amide bonds. The maximum Gasteiger partial charge on any atom is 0.143 e. The molecule has 0 aromatic carbocycles. The lowest BCUT2D eigenvalue weighted by molar-refractivity contribution is 0.230. The second kappa shape index (κ2) is 6.04. The lowest BCUT2D eigenvalue weighted by Gasteiger charge is -2.35. The van der Waals surface area contributed by atoms with Crippen molar-refractivity contribution >= 4 is 16.9 Å². The zero-order valence-corrected chi connectivity index (χ0v) is 13.3. The Hall–Kier alpha value is -2.34. The number of furan rings is 1. The molecular formula is C17H21N5O. The van der Waals surface area contributed by atoms with Crippen molar-refractivity contribution < 1.29 is 4.42 Å². The number of piperazine rings is 1. The predicted octanol–water partition coefficient (Wildman–Crippen LogP) is 2.44. The molecule has 120 valence electrons. The third-order valence-corrected chi connectivity index (χ3v) is 4.54. The number of aryl methyl sites for hydroxylation is 1. The number of nitrogens with one attached hydrogen (secondary N) is 1. The Labute approximate surface area is 135 Å². The second-order valence-electron chi connectivity index (χ2n) is 5.93. The van der Waals surface area contributed by atoms with Gasteiger partial charge in [0.05, 0.1) is 18.2 Å². The van der Waals surface area contributed by atoms with Crippen LogP contribution >= 0.6 is 0 Å². The molecule has 4 rings (SSSR count). The molecule has 0 unspecified atom stereocenters. The topological polar surface area (TPSA) is 61.2 Å². The highest BCUT2D eigenvalue weighted by Gasteiger charge is 2.22. The summed E-state index contributed by atoms with van der Waals surface area (Å²) in [7, 11) is 0. The summed E-state index contributed by atoms with van der Waals surface area (Å²) in [6.07, 6.45) is 6.43. The van der Waals surface area contributed by atoms with Gasteiger partial charge < -0.3 is 14.3 Å². The van der Waals surface area contributed by atoms with Crippen LogP contribution in [0.5, 0.6) is 0 Å². The van der Waals surface area contributed by atoms with Gasteiger partial charge in [0, 0.05) is 32.4 Å². The van der Waals surface area contributed by atoms with Crippen molar-refractivity contribution in [3.8, 4) is 0 Å². The zero-order chi connectivity index (χ0) is 15.6. The number of aromatic amines is 1. The van der Waals surface area contributed by atoms with Gasteiger partial charge in [0.1, 0.15) is 23.6 Å². The summed E-state index contributed by atoms with van der Waals surface area (Å²) in [5.41, 5.74) is 2.22. The molecular weight excluding hydrogens is 290 g/mol. The van der Waals surface area contributed by atoms with Crippen LogP contribution in [0.15, 0.2) is 35.3 Å². The first-order chi connectivity index (χ1) is 11.3. The number of fused-ring (bicyclic) bond motifs is 1. The minimum atomic E-state index is 0.879. The predicted molar refractivity (Wildman–Crippen MR) is 89.5 cm³/mol. The molecule has 0 saturated carbocycles. The molecule has 6 heteroatoms. The fraction of sp³-hybridized carbons (Fsp3) is 0.412. The SMILES string of the molecule is CCc1c[nH]c2ncnc(N3CCN(Cc4ccco4)CC3)c12. The van der Waals surface area contributed by atoms with Crippen LogP contribution in [-0.4, -0.2) is 46.0 Å². The zero-order valence-electron chi connectivity index (χ0n) is 13.3. The van der Waals surface area contributed by atoms with E-state index >= 15 is 0 Å². The number of hydrogen-bond acceptors (Lipinski definition) is 5. The fourth-order valence-corrected chi connectivity index (χ4v) is 3.27.